The zero-order valence-electron chi connectivity index (χ0n) is 16.2. The first kappa shape index (κ1) is 19.4. The van der Waals surface area contributed by atoms with Crippen molar-refractivity contribution in [3.63, 3.8) is 0 Å². The monoisotopic (exact) mass is 381 g/mol. The Morgan fingerprint density at radius 2 is 1.75 bits per heavy atom. The maximum atomic E-state index is 12.5. The van der Waals surface area contributed by atoms with Gasteiger partial charge in [-0.25, -0.2) is 0 Å². The van der Waals surface area contributed by atoms with Crippen molar-refractivity contribution in [1.82, 2.24) is 15.0 Å². The maximum Gasteiger partial charge on any atom is 0.260 e. The number of aryl methyl sites for hydroxylation is 1. The lowest BCUT2D eigenvalue weighted by Crippen LogP contribution is -2.34. The summed E-state index contributed by atoms with van der Waals surface area (Å²) in [5.74, 6) is 2.11. The number of hydrogen-bond acceptors (Lipinski definition) is 6. The summed E-state index contributed by atoms with van der Waals surface area (Å²) in [7, 11) is 1.61. The minimum atomic E-state index is -0.146. The topological polar surface area (TPSA) is 77.7 Å². The van der Waals surface area contributed by atoms with Gasteiger partial charge in [0.25, 0.3) is 5.91 Å². The van der Waals surface area contributed by atoms with Gasteiger partial charge in [-0.1, -0.05) is 22.9 Å². The van der Waals surface area contributed by atoms with Gasteiger partial charge in [-0.15, -0.1) is 0 Å². The van der Waals surface area contributed by atoms with Crippen LogP contribution in [-0.2, 0) is 11.3 Å². The van der Waals surface area contributed by atoms with E-state index < -0.39 is 0 Å². The highest BCUT2D eigenvalue weighted by molar-refractivity contribution is 5.77. The smallest absolute Gasteiger partial charge is 0.260 e. The number of carbonyl (C=O) groups excluding carboxylic acids is 1. The third-order valence-electron chi connectivity index (χ3n) is 4.26. The normalized spacial score (nSPS) is 10.5. The zero-order valence-corrected chi connectivity index (χ0v) is 16.2. The van der Waals surface area contributed by atoms with Crippen LogP contribution in [0.25, 0.3) is 11.4 Å². The molecule has 3 aromatic rings. The number of ether oxygens (including phenoxy) is 2. The summed E-state index contributed by atoms with van der Waals surface area (Å²) in [5.41, 5.74) is 1.95. The molecule has 1 heterocycles. The summed E-state index contributed by atoms with van der Waals surface area (Å²) in [5, 5.41) is 3.99. The Balaban J connectivity index is 1.59. The van der Waals surface area contributed by atoms with Crippen LogP contribution in [0, 0.1) is 6.92 Å². The molecule has 0 spiro atoms. The lowest BCUT2D eigenvalue weighted by molar-refractivity contribution is -0.134. The molecule has 0 unspecified atom stereocenters. The first-order valence-corrected chi connectivity index (χ1v) is 9.03. The van der Waals surface area contributed by atoms with Crippen molar-refractivity contribution in [2.24, 2.45) is 0 Å². The van der Waals surface area contributed by atoms with E-state index in [0.29, 0.717) is 24.0 Å². The van der Waals surface area contributed by atoms with E-state index in [1.165, 1.54) is 0 Å². The molecule has 7 heteroatoms. The van der Waals surface area contributed by atoms with Crippen LogP contribution >= 0.6 is 0 Å². The molecular formula is C21H23N3O4. The second-order valence-electron chi connectivity index (χ2n) is 6.25. The third-order valence-corrected chi connectivity index (χ3v) is 4.26. The second kappa shape index (κ2) is 9.03. The van der Waals surface area contributed by atoms with E-state index in [2.05, 4.69) is 10.1 Å². The number of amides is 1. The summed E-state index contributed by atoms with van der Waals surface area (Å²) in [4.78, 5) is 18.5. The quantitative estimate of drug-likeness (QED) is 0.594. The van der Waals surface area contributed by atoms with Crippen LogP contribution in [0.4, 0.5) is 0 Å². The fourth-order valence-corrected chi connectivity index (χ4v) is 2.59. The van der Waals surface area contributed by atoms with E-state index in [-0.39, 0.29) is 19.1 Å². The number of carbonyl (C=O) groups is 1. The third kappa shape index (κ3) is 4.88. The molecule has 2 aromatic carbocycles. The maximum absolute atomic E-state index is 12.5. The Morgan fingerprint density at radius 3 is 2.39 bits per heavy atom. The van der Waals surface area contributed by atoms with Crippen LogP contribution < -0.4 is 9.47 Å². The van der Waals surface area contributed by atoms with Crippen molar-refractivity contribution in [3.8, 4) is 22.9 Å². The summed E-state index contributed by atoms with van der Waals surface area (Å²) in [6.07, 6.45) is 0. The van der Waals surface area contributed by atoms with Gasteiger partial charge in [0.1, 0.15) is 18.0 Å². The summed E-state index contributed by atoms with van der Waals surface area (Å²) in [6, 6.07) is 14.9. The lowest BCUT2D eigenvalue weighted by atomic mass is 10.2. The van der Waals surface area contributed by atoms with Gasteiger partial charge in [-0.3, -0.25) is 4.79 Å². The van der Waals surface area contributed by atoms with Gasteiger partial charge in [-0.2, -0.15) is 4.98 Å². The average Bonchev–Trinajstić information content (AvgIpc) is 3.20. The van der Waals surface area contributed by atoms with Crippen LogP contribution in [0.3, 0.4) is 0 Å². The molecule has 0 N–H and O–H groups in total. The summed E-state index contributed by atoms with van der Waals surface area (Å²) >= 11 is 0. The zero-order chi connectivity index (χ0) is 19.9. The molecule has 1 amide bonds. The van der Waals surface area contributed by atoms with Gasteiger partial charge in [0.2, 0.25) is 11.7 Å². The van der Waals surface area contributed by atoms with Crippen LogP contribution in [0.5, 0.6) is 11.5 Å². The van der Waals surface area contributed by atoms with Crippen LogP contribution in [-0.4, -0.2) is 41.2 Å². The van der Waals surface area contributed by atoms with Crippen molar-refractivity contribution in [1.29, 1.82) is 0 Å². The highest BCUT2D eigenvalue weighted by atomic mass is 16.5. The van der Waals surface area contributed by atoms with Crippen molar-refractivity contribution in [2.75, 3.05) is 20.3 Å². The van der Waals surface area contributed by atoms with Gasteiger partial charge in [0.15, 0.2) is 6.61 Å². The fourth-order valence-electron chi connectivity index (χ4n) is 2.59. The van der Waals surface area contributed by atoms with Gasteiger partial charge in [-0.05, 0) is 50.2 Å². The average molecular weight is 381 g/mol. The summed E-state index contributed by atoms with van der Waals surface area (Å²) in [6.45, 7) is 4.59. The molecule has 146 valence electrons. The highest BCUT2D eigenvalue weighted by Gasteiger charge is 2.17. The van der Waals surface area contributed by atoms with Crippen LogP contribution in [0.2, 0.25) is 0 Å². The van der Waals surface area contributed by atoms with Crippen LogP contribution in [0.1, 0.15) is 18.4 Å². The lowest BCUT2D eigenvalue weighted by Gasteiger charge is -2.18. The van der Waals surface area contributed by atoms with E-state index in [4.69, 9.17) is 14.0 Å². The number of rotatable bonds is 8. The van der Waals surface area contributed by atoms with E-state index >= 15 is 0 Å². The molecule has 0 atom stereocenters. The van der Waals surface area contributed by atoms with E-state index in [1.54, 1.807) is 12.0 Å². The number of benzene rings is 2. The SMILES string of the molecule is CCN(Cc1nc(-c2ccc(OC)cc2)no1)C(=O)COc1ccc(C)cc1. The molecule has 3 rings (SSSR count). The molecule has 0 aliphatic rings. The van der Waals surface area contributed by atoms with Crippen molar-refractivity contribution < 1.29 is 18.8 Å². The Morgan fingerprint density at radius 1 is 1.07 bits per heavy atom. The number of hydrogen-bond donors (Lipinski definition) is 0. The summed E-state index contributed by atoms with van der Waals surface area (Å²) < 4.78 is 16.0. The molecule has 0 bridgehead atoms. The molecule has 0 radical (unpaired) electrons. The first-order chi connectivity index (χ1) is 13.6. The van der Waals surface area contributed by atoms with Gasteiger partial charge in [0.05, 0.1) is 7.11 Å². The minimum Gasteiger partial charge on any atom is -0.497 e. The second-order valence-corrected chi connectivity index (χ2v) is 6.25. The molecule has 0 fully saturated rings. The largest absolute Gasteiger partial charge is 0.497 e. The molecule has 1 aromatic heterocycles. The molecule has 7 nitrogen and oxygen atoms in total. The molecule has 0 saturated carbocycles. The Bertz CT molecular complexity index is 904. The molecule has 0 aliphatic carbocycles. The van der Waals surface area contributed by atoms with E-state index in [9.17, 15) is 4.79 Å². The molecular weight excluding hydrogens is 358 g/mol. The predicted octanol–water partition coefficient (Wildman–Crippen LogP) is 3.48. The van der Waals surface area contributed by atoms with Crippen molar-refractivity contribution in [2.45, 2.75) is 20.4 Å². The minimum absolute atomic E-state index is 0.0453. The Labute approximate surface area is 163 Å². The number of methoxy groups -OCH3 is 1. The fraction of sp³-hybridized carbons (Fsp3) is 0.286. The van der Waals surface area contributed by atoms with Crippen molar-refractivity contribution in [3.05, 3.63) is 60.0 Å². The van der Waals surface area contributed by atoms with E-state index in [1.807, 2.05) is 62.4 Å². The molecule has 0 aliphatic heterocycles. The number of aromatic nitrogens is 2. The number of likely N-dealkylation sites (N-methyl/N-ethyl adjacent to an activating group) is 1. The van der Waals surface area contributed by atoms with Gasteiger partial charge < -0.3 is 18.9 Å². The van der Waals surface area contributed by atoms with E-state index in [0.717, 1.165) is 16.9 Å². The predicted molar refractivity (Wildman–Crippen MR) is 104 cm³/mol. The Kier molecular flexibility index (Phi) is 6.26. The molecule has 28 heavy (non-hydrogen) atoms. The van der Waals surface area contributed by atoms with Crippen molar-refractivity contribution >= 4 is 5.91 Å². The first-order valence-electron chi connectivity index (χ1n) is 9.03. The Hall–Kier alpha value is -3.35. The molecule has 0 saturated heterocycles. The highest BCUT2D eigenvalue weighted by Crippen LogP contribution is 2.20. The number of nitrogens with zero attached hydrogens (tertiary/aromatic N) is 3. The van der Waals surface area contributed by atoms with Crippen LogP contribution in [0.15, 0.2) is 53.1 Å². The standard InChI is InChI=1S/C21H23N3O4/c1-4-24(20(25)14-27-18-9-5-15(2)6-10-18)13-19-22-21(23-28-19)16-7-11-17(26-3)12-8-16/h5-12H,4,13-14H2,1-3H3. The van der Waals surface area contributed by atoms with Gasteiger partial charge >= 0.3 is 0 Å². The van der Waals surface area contributed by atoms with Gasteiger partial charge in [0, 0.05) is 12.1 Å².